The SMILES string of the molecule is NCC(OCCCO)c1cccc(Cl)c1Cl. The monoisotopic (exact) mass is 263 g/mol. The number of hydrogen-bond donors (Lipinski definition) is 2. The molecule has 0 aliphatic heterocycles. The highest BCUT2D eigenvalue weighted by atomic mass is 35.5. The number of benzene rings is 1. The summed E-state index contributed by atoms with van der Waals surface area (Å²) in [5.74, 6) is 0. The molecule has 3 nitrogen and oxygen atoms in total. The van der Waals surface area contributed by atoms with Crippen LogP contribution in [0.3, 0.4) is 0 Å². The van der Waals surface area contributed by atoms with Crippen LogP contribution in [0.4, 0.5) is 0 Å². The van der Waals surface area contributed by atoms with Gasteiger partial charge in [0.15, 0.2) is 0 Å². The molecular weight excluding hydrogens is 249 g/mol. The summed E-state index contributed by atoms with van der Waals surface area (Å²) in [5.41, 5.74) is 6.40. The highest BCUT2D eigenvalue weighted by Crippen LogP contribution is 2.31. The molecule has 0 spiro atoms. The van der Waals surface area contributed by atoms with E-state index in [9.17, 15) is 0 Å². The minimum atomic E-state index is -0.280. The molecule has 0 aromatic heterocycles. The second kappa shape index (κ2) is 7.09. The first kappa shape index (κ1) is 13.7. The quantitative estimate of drug-likeness (QED) is 0.776. The lowest BCUT2D eigenvalue weighted by molar-refractivity contribution is 0.0489. The maximum Gasteiger partial charge on any atom is 0.0961 e. The van der Waals surface area contributed by atoms with Gasteiger partial charge < -0.3 is 15.6 Å². The molecule has 5 heteroatoms. The molecule has 90 valence electrons. The number of nitrogens with two attached hydrogens (primary N) is 1. The van der Waals surface area contributed by atoms with Gasteiger partial charge in [0.2, 0.25) is 0 Å². The van der Waals surface area contributed by atoms with E-state index in [0.29, 0.717) is 29.6 Å². The van der Waals surface area contributed by atoms with Crippen molar-refractivity contribution in [2.45, 2.75) is 12.5 Å². The zero-order valence-corrected chi connectivity index (χ0v) is 10.3. The lowest BCUT2D eigenvalue weighted by Crippen LogP contribution is -2.17. The summed E-state index contributed by atoms with van der Waals surface area (Å²) in [6.45, 7) is 0.868. The Morgan fingerprint density at radius 2 is 2.12 bits per heavy atom. The van der Waals surface area contributed by atoms with Crippen LogP contribution < -0.4 is 5.73 Å². The Hall–Kier alpha value is -0.320. The Morgan fingerprint density at radius 1 is 1.38 bits per heavy atom. The van der Waals surface area contributed by atoms with E-state index in [1.165, 1.54) is 0 Å². The molecule has 0 bridgehead atoms. The van der Waals surface area contributed by atoms with Crippen molar-refractivity contribution in [2.24, 2.45) is 5.73 Å². The summed E-state index contributed by atoms with van der Waals surface area (Å²) in [5, 5.41) is 9.63. The first-order valence-electron chi connectivity index (χ1n) is 5.07. The Kier molecular flexibility index (Phi) is 6.09. The van der Waals surface area contributed by atoms with Crippen LogP contribution in [0.1, 0.15) is 18.1 Å². The summed E-state index contributed by atoms with van der Waals surface area (Å²) < 4.78 is 5.53. The molecule has 0 heterocycles. The van der Waals surface area contributed by atoms with Crippen molar-refractivity contribution < 1.29 is 9.84 Å². The van der Waals surface area contributed by atoms with Gasteiger partial charge in [-0.3, -0.25) is 0 Å². The lowest BCUT2D eigenvalue weighted by Gasteiger charge is -2.17. The van der Waals surface area contributed by atoms with Gasteiger partial charge in [0.25, 0.3) is 0 Å². The van der Waals surface area contributed by atoms with Gasteiger partial charge in [-0.25, -0.2) is 0 Å². The van der Waals surface area contributed by atoms with E-state index in [2.05, 4.69) is 0 Å². The average molecular weight is 264 g/mol. The van der Waals surface area contributed by atoms with Gasteiger partial charge in [-0.05, 0) is 12.5 Å². The number of hydrogen-bond acceptors (Lipinski definition) is 3. The largest absolute Gasteiger partial charge is 0.396 e. The van der Waals surface area contributed by atoms with Crippen LogP contribution in [0.15, 0.2) is 18.2 Å². The van der Waals surface area contributed by atoms with Gasteiger partial charge in [0.05, 0.1) is 16.1 Å². The number of aliphatic hydroxyl groups is 1. The Morgan fingerprint density at radius 3 is 2.75 bits per heavy atom. The van der Waals surface area contributed by atoms with Gasteiger partial charge in [-0.1, -0.05) is 35.3 Å². The fraction of sp³-hybridized carbons (Fsp3) is 0.455. The molecule has 1 aromatic carbocycles. The number of ether oxygens (including phenoxy) is 1. The maximum atomic E-state index is 8.66. The van der Waals surface area contributed by atoms with E-state index < -0.39 is 0 Å². The molecular formula is C11H15Cl2NO2. The zero-order chi connectivity index (χ0) is 12.0. The van der Waals surface area contributed by atoms with Crippen molar-refractivity contribution in [3.63, 3.8) is 0 Å². The third-order valence-corrected chi connectivity index (χ3v) is 3.00. The smallest absolute Gasteiger partial charge is 0.0961 e. The number of halogens is 2. The summed E-state index contributed by atoms with van der Waals surface area (Å²) in [6.07, 6.45) is 0.298. The van der Waals surface area contributed by atoms with Crippen molar-refractivity contribution >= 4 is 23.2 Å². The molecule has 1 atom stereocenters. The average Bonchev–Trinajstić information content (AvgIpc) is 2.29. The predicted octanol–water partition coefficient (Wildman–Crippen LogP) is 2.39. The van der Waals surface area contributed by atoms with Crippen LogP contribution in [-0.2, 0) is 4.74 Å². The van der Waals surface area contributed by atoms with Crippen LogP contribution in [-0.4, -0.2) is 24.9 Å². The van der Waals surface area contributed by atoms with Gasteiger partial charge >= 0.3 is 0 Å². The lowest BCUT2D eigenvalue weighted by atomic mass is 10.1. The molecule has 0 amide bonds. The fourth-order valence-corrected chi connectivity index (χ4v) is 1.77. The second-order valence-corrected chi connectivity index (χ2v) is 4.10. The van der Waals surface area contributed by atoms with E-state index in [1.54, 1.807) is 6.07 Å². The Labute approximate surface area is 105 Å². The van der Waals surface area contributed by atoms with E-state index in [4.69, 9.17) is 38.8 Å². The van der Waals surface area contributed by atoms with Crippen molar-refractivity contribution in [1.82, 2.24) is 0 Å². The van der Waals surface area contributed by atoms with Crippen LogP contribution in [0, 0.1) is 0 Å². The zero-order valence-electron chi connectivity index (χ0n) is 8.83. The van der Waals surface area contributed by atoms with Crippen molar-refractivity contribution in [1.29, 1.82) is 0 Å². The Bertz CT molecular complexity index is 334. The van der Waals surface area contributed by atoms with Crippen molar-refractivity contribution in [3.8, 4) is 0 Å². The Balaban J connectivity index is 2.74. The molecule has 0 aliphatic carbocycles. The maximum absolute atomic E-state index is 8.66. The molecule has 0 saturated heterocycles. The molecule has 3 N–H and O–H groups in total. The topological polar surface area (TPSA) is 55.5 Å². The molecule has 1 rings (SSSR count). The minimum absolute atomic E-state index is 0.0978. The number of rotatable bonds is 6. The molecule has 0 saturated carbocycles. The van der Waals surface area contributed by atoms with Crippen LogP contribution in [0.25, 0.3) is 0 Å². The third kappa shape index (κ3) is 3.61. The summed E-state index contributed by atoms with van der Waals surface area (Å²) in [7, 11) is 0. The first-order valence-corrected chi connectivity index (χ1v) is 5.82. The third-order valence-electron chi connectivity index (χ3n) is 2.16. The fourth-order valence-electron chi connectivity index (χ4n) is 1.34. The highest BCUT2D eigenvalue weighted by Gasteiger charge is 2.15. The minimum Gasteiger partial charge on any atom is -0.396 e. The first-order chi connectivity index (χ1) is 7.70. The van der Waals surface area contributed by atoms with Gasteiger partial charge in [0, 0.05) is 25.3 Å². The second-order valence-electron chi connectivity index (χ2n) is 3.32. The summed E-state index contributed by atoms with van der Waals surface area (Å²) in [6, 6.07) is 5.36. The molecule has 0 fully saturated rings. The van der Waals surface area contributed by atoms with Crippen LogP contribution >= 0.6 is 23.2 Å². The molecule has 1 aromatic rings. The van der Waals surface area contributed by atoms with E-state index in [1.807, 2.05) is 12.1 Å². The summed E-state index contributed by atoms with van der Waals surface area (Å²) in [4.78, 5) is 0. The molecule has 0 aliphatic rings. The van der Waals surface area contributed by atoms with Crippen molar-refractivity contribution in [2.75, 3.05) is 19.8 Å². The molecule has 1 unspecified atom stereocenters. The van der Waals surface area contributed by atoms with Crippen LogP contribution in [0.2, 0.25) is 10.0 Å². The summed E-state index contributed by atoms with van der Waals surface area (Å²) >= 11 is 12.0. The normalized spacial score (nSPS) is 12.8. The van der Waals surface area contributed by atoms with Crippen LogP contribution in [0.5, 0.6) is 0 Å². The standard InChI is InChI=1S/C11H15Cl2NO2/c12-9-4-1-3-8(11(9)13)10(7-14)16-6-2-5-15/h1,3-4,10,15H,2,5-7,14H2. The van der Waals surface area contributed by atoms with E-state index in [0.717, 1.165) is 5.56 Å². The van der Waals surface area contributed by atoms with E-state index >= 15 is 0 Å². The highest BCUT2D eigenvalue weighted by molar-refractivity contribution is 6.42. The van der Waals surface area contributed by atoms with Gasteiger partial charge in [-0.2, -0.15) is 0 Å². The molecule has 16 heavy (non-hydrogen) atoms. The van der Waals surface area contributed by atoms with Gasteiger partial charge in [-0.15, -0.1) is 0 Å². The van der Waals surface area contributed by atoms with Gasteiger partial charge in [0.1, 0.15) is 0 Å². The van der Waals surface area contributed by atoms with Crippen molar-refractivity contribution in [3.05, 3.63) is 33.8 Å². The predicted molar refractivity (Wildman–Crippen MR) is 65.9 cm³/mol. The molecule has 0 radical (unpaired) electrons. The van der Waals surface area contributed by atoms with E-state index in [-0.39, 0.29) is 12.7 Å². The number of aliphatic hydroxyl groups excluding tert-OH is 1.